The molecule has 0 aliphatic heterocycles. The van der Waals surface area contributed by atoms with E-state index in [-0.39, 0.29) is 0 Å². The maximum absolute atomic E-state index is 2.48. The van der Waals surface area contributed by atoms with E-state index < -0.39 is 7.26 Å². The van der Waals surface area contributed by atoms with Crippen LogP contribution in [0.3, 0.4) is 0 Å². The van der Waals surface area contributed by atoms with Gasteiger partial charge < -0.3 is 0 Å². The van der Waals surface area contributed by atoms with Gasteiger partial charge in [-0.2, -0.15) is 0 Å². The van der Waals surface area contributed by atoms with E-state index >= 15 is 0 Å². The summed E-state index contributed by atoms with van der Waals surface area (Å²) in [6.07, 6.45) is 55.1. The van der Waals surface area contributed by atoms with Gasteiger partial charge in [0.15, 0.2) is 0 Å². The zero-order valence-corrected chi connectivity index (χ0v) is 31.5. The molecule has 0 saturated heterocycles. The molecule has 0 spiro atoms. The highest BCUT2D eigenvalue weighted by Gasteiger charge is 2.15. The van der Waals surface area contributed by atoms with Gasteiger partial charge in [-0.1, -0.05) is 225 Å². The van der Waals surface area contributed by atoms with Crippen LogP contribution in [0.25, 0.3) is 0 Å². The highest BCUT2D eigenvalue weighted by atomic mass is 31.2. The second kappa shape index (κ2) is 35.9. The summed E-state index contributed by atoms with van der Waals surface area (Å²) in [6.45, 7) is 9.76. The summed E-state index contributed by atoms with van der Waals surface area (Å²) >= 11 is 0. The molecule has 0 nitrogen and oxygen atoms in total. The van der Waals surface area contributed by atoms with Crippen molar-refractivity contribution in [2.75, 3.05) is 26.2 Å². The molecule has 0 bridgehead atoms. The van der Waals surface area contributed by atoms with Gasteiger partial charge in [-0.15, -0.1) is 0 Å². The third kappa shape index (κ3) is 40.4. The standard InChI is InChI=1S/C41H86P/c1-5-6-7-8-9-10-11-12-13-14-15-16-17-18-19-20-21-22-23-24-25-26-27-28-29-30-31-32-33-34-35-36-37-38-39-40-41-42(2,3)4/h5-41H2,1-4H3/q+1. The van der Waals surface area contributed by atoms with Crippen LogP contribution in [0.4, 0.5) is 0 Å². The maximum Gasteiger partial charge on any atom is 0.0586 e. The monoisotopic (exact) mass is 610 g/mol. The van der Waals surface area contributed by atoms with Crippen molar-refractivity contribution in [2.45, 2.75) is 238 Å². The molecule has 0 radical (unpaired) electrons. The van der Waals surface area contributed by atoms with E-state index in [1.807, 2.05) is 0 Å². The molecule has 0 amide bonds. The van der Waals surface area contributed by atoms with Crippen molar-refractivity contribution in [3.05, 3.63) is 0 Å². The molecule has 254 valence electrons. The Morgan fingerprint density at radius 1 is 0.214 bits per heavy atom. The lowest BCUT2D eigenvalue weighted by molar-refractivity contribution is 0.510. The van der Waals surface area contributed by atoms with Crippen molar-refractivity contribution in [1.29, 1.82) is 0 Å². The van der Waals surface area contributed by atoms with Crippen LogP contribution in [-0.4, -0.2) is 26.2 Å². The molecule has 0 fully saturated rings. The molecule has 0 aromatic rings. The molecule has 0 aliphatic carbocycles. The molecular formula is C41H86P+. The van der Waals surface area contributed by atoms with Crippen LogP contribution in [0.2, 0.25) is 0 Å². The number of unbranched alkanes of at least 4 members (excludes halogenated alkanes) is 35. The van der Waals surface area contributed by atoms with E-state index in [2.05, 4.69) is 26.9 Å². The van der Waals surface area contributed by atoms with Gasteiger partial charge in [0.2, 0.25) is 0 Å². The van der Waals surface area contributed by atoms with Gasteiger partial charge in [-0.25, -0.2) is 0 Å². The first-order valence-electron chi connectivity index (χ1n) is 20.4. The molecule has 0 unspecified atom stereocenters. The predicted octanol–water partition coefficient (Wildman–Crippen LogP) is 16.0. The molecule has 0 rings (SSSR count). The smallest absolute Gasteiger partial charge is 0.0586 e. The van der Waals surface area contributed by atoms with Crippen LogP contribution in [0, 0.1) is 0 Å². The first kappa shape index (κ1) is 42.4. The van der Waals surface area contributed by atoms with Gasteiger partial charge in [-0.05, 0) is 12.8 Å². The van der Waals surface area contributed by atoms with E-state index in [4.69, 9.17) is 0 Å². The van der Waals surface area contributed by atoms with Crippen molar-refractivity contribution >= 4 is 7.26 Å². The van der Waals surface area contributed by atoms with Crippen molar-refractivity contribution in [3.63, 3.8) is 0 Å². The lowest BCUT2D eigenvalue weighted by Gasteiger charge is -2.10. The van der Waals surface area contributed by atoms with Crippen LogP contribution in [-0.2, 0) is 0 Å². The number of rotatable bonds is 37. The van der Waals surface area contributed by atoms with E-state index in [0.29, 0.717) is 0 Å². The van der Waals surface area contributed by atoms with Crippen molar-refractivity contribution in [2.24, 2.45) is 0 Å². The topological polar surface area (TPSA) is 0 Å². The minimum atomic E-state index is -0.521. The maximum atomic E-state index is 2.48. The van der Waals surface area contributed by atoms with Gasteiger partial charge in [0.1, 0.15) is 0 Å². The lowest BCUT2D eigenvalue weighted by atomic mass is 10.0. The quantitative estimate of drug-likeness (QED) is 0.0485. The van der Waals surface area contributed by atoms with Crippen LogP contribution in [0.1, 0.15) is 238 Å². The fourth-order valence-electron chi connectivity index (χ4n) is 6.67. The van der Waals surface area contributed by atoms with E-state index in [1.54, 1.807) is 0 Å². The Balaban J connectivity index is 3.04. The molecule has 1 heteroatoms. The normalized spacial score (nSPS) is 12.0. The predicted molar refractivity (Wildman–Crippen MR) is 201 cm³/mol. The second-order valence-electron chi connectivity index (χ2n) is 15.4. The summed E-state index contributed by atoms with van der Waals surface area (Å²) in [5.41, 5.74) is 0. The van der Waals surface area contributed by atoms with Crippen molar-refractivity contribution in [1.82, 2.24) is 0 Å². The van der Waals surface area contributed by atoms with Gasteiger partial charge in [0.05, 0.1) is 6.16 Å². The Kier molecular flexibility index (Phi) is 36.3. The minimum absolute atomic E-state index is 0.521. The first-order valence-corrected chi connectivity index (χ1v) is 23.7. The average Bonchev–Trinajstić information content (AvgIpc) is 2.96. The molecule has 42 heavy (non-hydrogen) atoms. The van der Waals surface area contributed by atoms with Gasteiger partial charge >= 0.3 is 0 Å². The molecule has 0 atom stereocenters. The molecule has 0 saturated carbocycles. The zero-order chi connectivity index (χ0) is 30.7. The van der Waals surface area contributed by atoms with Gasteiger partial charge in [-0.3, -0.25) is 0 Å². The fraction of sp³-hybridized carbons (Fsp3) is 1.00. The van der Waals surface area contributed by atoms with Crippen LogP contribution < -0.4 is 0 Å². The van der Waals surface area contributed by atoms with E-state index in [0.717, 1.165) is 0 Å². The van der Waals surface area contributed by atoms with E-state index in [9.17, 15) is 0 Å². The van der Waals surface area contributed by atoms with Crippen LogP contribution in [0.15, 0.2) is 0 Å². The number of hydrogen-bond acceptors (Lipinski definition) is 0. The summed E-state index contributed by atoms with van der Waals surface area (Å²) in [5, 5.41) is 0. The fourth-order valence-corrected chi connectivity index (χ4v) is 7.84. The molecule has 0 aliphatic rings. The van der Waals surface area contributed by atoms with Gasteiger partial charge in [0, 0.05) is 27.3 Å². The van der Waals surface area contributed by atoms with E-state index in [1.165, 1.54) is 237 Å². The first-order chi connectivity index (χ1) is 20.6. The minimum Gasteiger partial charge on any atom is -0.0654 e. The van der Waals surface area contributed by atoms with Crippen molar-refractivity contribution in [3.8, 4) is 0 Å². The summed E-state index contributed by atoms with van der Waals surface area (Å²) < 4.78 is 0. The molecule has 0 N–H and O–H groups in total. The van der Waals surface area contributed by atoms with Crippen LogP contribution in [0.5, 0.6) is 0 Å². The Bertz CT molecular complexity index is 464. The molecular weight excluding hydrogens is 523 g/mol. The second-order valence-corrected chi connectivity index (χ2v) is 20.4. The SMILES string of the molecule is CCCCCCCCCCCCCCCCCCCCCCCCCCCCCCCCCCCCCC[P+](C)(C)C. The number of hydrogen-bond donors (Lipinski definition) is 0. The Labute approximate surface area is 270 Å². The largest absolute Gasteiger partial charge is 0.0654 e. The lowest BCUT2D eigenvalue weighted by Crippen LogP contribution is -1.93. The highest BCUT2D eigenvalue weighted by molar-refractivity contribution is 7.73. The molecule has 0 aromatic carbocycles. The molecule has 0 heterocycles. The summed E-state index contributed by atoms with van der Waals surface area (Å²) in [4.78, 5) is 0. The third-order valence-corrected chi connectivity index (χ3v) is 11.3. The van der Waals surface area contributed by atoms with Crippen molar-refractivity contribution < 1.29 is 0 Å². The highest BCUT2D eigenvalue weighted by Crippen LogP contribution is 2.47. The van der Waals surface area contributed by atoms with Gasteiger partial charge in [0.25, 0.3) is 0 Å². The van der Waals surface area contributed by atoms with Crippen LogP contribution >= 0.6 is 7.26 Å². The zero-order valence-electron chi connectivity index (χ0n) is 30.6. The third-order valence-electron chi connectivity index (χ3n) is 9.68. The summed E-state index contributed by atoms with van der Waals surface area (Å²) in [7, 11) is -0.521. The Morgan fingerprint density at radius 3 is 0.500 bits per heavy atom. The Hall–Kier alpha value is 0.430. The Morgan fingerprint density at radius 2 is 0.357 bits per heavy atom. The average molecular weight is 610 g/mol. The molecule has 0 aromatic heterocycles. The summed E-state index contributed by atoms with van der Waals surface area (Å²) in [6, 6.07) is 0. The summed E-state index contributed by atoms with van der Waals surface area (Å²) in [5.74, 6) is 0.